The quantitative estimate of drug-likeness (QED) is 0.537. The third kappa shape index (κ3) is 4.65. The number of aryl methyl sites for hydroxylation is 1. The van der Waals surface area contributed by atoms with Crippen LogP contribution >= 0.6 is 22.9 Å². The SMILES string of the molecule is Cc1ncc(C(=O)Nc2ccc(N3CCOC3=N)cc2)c(NC(=O)c2ccc(Cl)s2)n1. The molecule has 31 heavy (non-hydrogen) atoms. The Kier molecular flexibility index (Phi) is 5.83. The number of amides is 2. The normalized spacial score (nSPS) is 13.1. The molecule has 158 valence electrons. The lowest BCUT2D eigenvalue weighted by Gasteiger charge is -2.15. The number of nitrogens with zero attached hydrogens (tertiary/aromatic N) is 3. The summed E-state index contributed by atoms with van der Waals surface area (Å²) in [7, 11) is 0. The molecule has 0 bridgehead atoms. The summed E-state index contributed by atoms with van der Waals surface area (Å²) in [6.45, 7) is 2.73. The molecule has 0 spiro atoms. The standard InChI is InChI=1S/C20H17ClN6O3S/c1-11-23-10-14(17(24-11)26-19(29)15-6-7-16(21)31-15)18(28)25-12-2-4-13(5-3-12)27-8-9-30-20(27)22/h2-7,10,22H,8-9H2,1H3,(H,25,28)(H,23,24,26,29). The van der Waals surface area contributed by atoms with Gasteiger partial charge in [0.05, 0.1) is 15.8 Å². The van der Waals surface area contributed by atoms with Gasteiger partial charge in [-0.2, -0.15) is 0 Å². The van der Waals surface area contributed by atoms with E-state index in [0.29, 0.717) is 33.9 Å². The van der Waals surface area contributed by atoms with Gasteiger partial charge in [0, 0.05) is 17.6 Å². The van der Waals surface area contributed by atoms with Gasteiger partial charge in [-0.05, 0) is 43.3 Å². The predicted molar refractivity (Wildman–Crippen MR) is 119 cm³/mol. The van der Waals surface area contributed by atoms with Crippen molar-refractivity contribution in [3.8, 4) is 0 Å². The molecular weight excluding hydrogens is 440 g/mol. The van der Waals surface area contributed by atoms with E-state index in [1.807, 2.05) is 0 Å². The van der Waals surface area contributed by atoms with Crippen molar-refractivity contribution in [2.75, 3.05) is 28.7 Å². The monoisotopic (exact) mass is 456 g/mol. The second-order valence-electron chi connectivity index (χ2n) is 6.54. The number of carbonyl (C=O) groups excluding carboxylic acids is 2. The Balaban J connectivity index is 1.50. The summed E-state index contributed by atoms with van der Waals surface area (Å²) < 4.78 is 5.63. The van der Waals surface area contributed by atoms with Gasteiger partial charge in [-0.3, -0.25) is 19.9 Å². The van der Waals surface area contributed by atoms with Gasteiger partial charge in [0.15, 0.2) is 0 Å². The number of hydrogen-bond acceptors (Lipinski definition) is 7. The largest absolute Gasteiger partial charge is 0.463 e. The molecule has 1 aliphatic heterocycles. The second-order valence-corrected chi connectivity index (χ2v) is 8.26. The van der Waals surface area contributed by atoms with Crippen LogP contribution in [0, 0.1) is 12.3 Å². The number of ether oxygens (including phenoxy) is 1. The number of thiophene rings is 1. The highest BCUT2D eigenvalue weighted by Gasteiger charge is 2.21. The maximum absolute atomic E-state index is 12.8. The Morgan fingerprint density at radius 1 is 1.16 bits per heavy atom. The number of benzene rings is 1. The maximum Gasteiger partial charge on any atom is 0.289 e. The van der Waals surface area contributed by atoms with E-state index in [0.717, 1.165) is 17.0 Å². The molecule has 1 aromatic carbocycles. The molecular formula is C20H17ClN6O3S. The van der Waals surface area contributed by atoms with Gasteiger partial charge < -0.3 is 15.4 Å². The van der Waals surface area contributed by atoms with Crippen LogP contribution in [-0.4, -0.2) is 41.0 Å². The van der Waals surface area contributed by atoms with E-state index < -0.39 is 11.8 Å². The first kappa shape index (κ1) is 20.8. The summed E-state index contributed by atoms with van der Waals surface area (Å²) in [5, 5.41) is 13.2. The number of amidine groups is 1. The molecule has 0 atom stereocenters. The molecule has 1 fully saturated rings. The van der Waals surface area contributed by atoms with E-state index in [2.05, 4.69) is 20.6 Å². The minimum absolute atomic E-state index is 0.0981. The average Bonchev–Trinajstić information content (AvgIpc) is 3.37. The van der Waals surface area contributed by atoms with Gasteiger partial charge in [-0.1, -0.05) is 11.6 Å². The first-order valence-electron chi connectivity index (χ1n) is 9.21. The number of nitrogens with one attached hydrogen (secondary N) is 3. The van der Waals surface area contributed by atoms with Crippen molar-refractivity contribution in [1.82, 2.24) is 9.97 Å². The third-order valence-corrected chi connectivity index (χ3v) is 5.65. The molecule has 3 heterocycles. The van der Waals surface area contributed by atoms with Crippen LogP contribution in [0.25, 0.3) is 0 Å². The summed E-state index contributed by atoms with van der Waals surface area (Å²) in [5.41, 5.74) is 1.46. The fourth-order valence-corrected chi connectivity index (χ4v) is 3.86. The van der Waals surface area contributed by atoms with Crippen LogP contribution in [0.4, 0.5) is 17.2 Å². The molecule has 1 saturated heterocycles. The summed E-state index contributed by atoms with van der Waals surface area (Å²) in [4.78, 5) is 35.7. The Labute approximate surface area is 186 Å². The molecule has 9 nitrogen and oxygen atoms in total. The second kappa shape index (κ2) is 8.70. The number of hydrogen-bond donors (Lipinski definition) is 3. The van der Waals surface area contributed by atoms with Crippen molar-refractivity contribution in [2.24, 2.45) is 0 Å². The highest BCUT2D eigenvalue weighted by atomic mass is 35.5. The van der Waals surface area contributed by atoms with Gasteiger partial charge in [0.2, 0.25) is 0 Å². The Morgan fingerprint density at radius 2 is 1.94 bits per heavy atom. The van der Waals surface area contributed by atoms with Gasteiger partial charge in [0.1, 0.15) is 23.8 Å². The molecule has 0 unspecified atom stereocenters. The van der Waals surface area contributed by atoms with Crippen LogP contribution in [-0.2, 0) is 4.74 Å². The number of rotatable bonds is 5. The zero-order valence-electron chi connectivity index (χ0n) is 16.3. The number of anilines is 3. The minimum Gasteiger partial charge on any atom is -0.463 e. The Hall–Kier alpha value is -3.50. The van der Waals surface area contributed by atoms with Crippen LogP contribution in [0.1, 0.15) is 25.9 Å². The van der Waals surface area contributed by atoms with E-state index in [4.69, 9.17) is 21.7 Å². The topological polar surface area (TPSA) is 120 Å². The zero-order chi connectivity index (χ0) is 22.0. The molecule has 3 aromatic rings. The Bertz CT molecular complexity index is 1160. The van der Waals surface area contributed by atoms with Crippen LogP contribution in [0.3, 0.4) is 0 Å². The first-order chi connectivity index (χ1) is 14.9. The van der Waals surface area contributed by atoms with Gasteiger partial charge in [-0.15, -0.1) is 11.3 Å². The van der Waals surface area contributed by atoms with Crippen molar-refractivity contribution in [3.63, 3.8) is 0 Å². The molecule has 2 aromatic heterocycles. The van der Waals surface area contributed by atoms with Crippen LogP contribution in [0.2, 0.25) is 4.34 Å². The average molecular weight is 457 g/mol. The molecule has 0 saturated carbocycles. The maximum atomic E-state index is 12.8. The molecule has 1 aliphatic rings. The molecule has 11 heteroatoms. The summed E-state index contributed by atoms with van der Waals surface area (Å²) in [6, 6.07) is 10.3. The highest BCUT2D eigenvalue weighted by Crippen LogP contribution is 2.24. The minimum atomic E-state index is -0.468. The lowest BCUT2D eigenvalue weighted by molar-refractivity contribution is 0.102. The zero-order valence-corrected chi connectivity index (χ0v) is 17.9. The van der Waals surface area contributed by atoms with Crippen LogP contribution in [0.5, 0.6) is 0 Å². The van der Waals surface area contributed by atoms with Crippen LogP contribution in [0.15, 0.2) is 42.6 Å². The number of carbonyl (C=O) groups is 2. The third-order valence-electron chi connectivity index (χ3n) is 4.42. The van der Waals surface area contributed by atoms with Crippen molar-refractivity contribution in [1.29, 1.82) is 5.41 Å². The van der Waals surface area contributed by atoms with Crippen molar-refractivity contribution in [2.45, 2.75) is 6.92 Å². The van der Waals surface area contributed by atoms with Gasteiger partial charge in [-0.25, -0.2) is 9.97 Å². The van der Waals surface area contributed by atoms with Gasteiger partial charge in [0.25, 0.3) is 17.8 Å². The number of halogens is 1. The first-order valence-corrected chi connectivity index (χ1v) is 10.4. The van der Waals surface area contributed by atoms with E-state index in [1.165, 1.54) is 6.20 Å². The lowest BCUT2D eigenvalue weighted by atomic mass is 10.2. The fraction of sp³-hybridized carbons (Fsp3) is 0.150. The summed E-state index contributed by atoms with van der Waals surface area (Å²) >= 11 is 7.02. The summed E-state index contributed by atoms with van der Waals surface area (Å²) in [5.74, 6) is -0.359. The fourth-order valence-electron chi connectivity index (χ4n) is 2.92. The van der Waals surface area contributed by atoms with Gasteiger partial charge >= 0.3 is 0 Å². The molecule has 0 aliphatic carbocycles. The predicted octanol–water partition coefficient (Wildman–Crippen LogP) is 3.78. The molecule has 0 radical (unpaired) electrons. The molecule has 3 N–H and O–H groups in total. The summed E-state index contributed by atoms with van der Waals surface area (Å²) in [6.07, 6.45) is 1.37. The van der Waals surface area contributed by atoms with Crippen LogP contribution < -0.4 is 15.5 Å². The van der Waals surface area contributed by atoms with Crippen molar-refractivity contribution < 1.29 is 14.3 Å². The molecule has 2 amide bonds. The lowest BCUT2D eigenvalue weighted by Crippen LogP contribution is -2.24. The van der Waals surface area contributed by atoms with E-state index in [-0.39, 0.29) is 17.4 Å². The van der Waals surface area contributed by atoms with E-state index in [1.54, 1.807) is 48.2 Å². The van der Waals surface area contributed by atoms with E-state index >= 15 is 0 Å². The van der Waals surface area contributed by atoms with Crippen molar-refractivity contribution in [3.05, 3.63) is 63.2 Å². The van der Waals surface area contributed by atoms with Crippen molar-refractivity contribution >= 4 is 58.0 Å². The Morgan fingerprint density at radius 3 is 2.58 bits per heavy atom. The smallest absolute Gasteiger partial charge is 0.289 e. The molecule has 4 rings (SSSR count). The highest BCUT2D eigenvalue weighted by molar-refractivity contribution is 7.18. The van der Waals surface area contributed by atoms with E-state index in [9.17, 15) is 9.59 Å². The number of aromatic nitrogens is 2.